The van der Waals surface area contributed by atoms with Gasteiger partial charge in [0.15, 0.2) is 0 Å². The zero-order chi connectivity index (χ0) is 16.7. The largest absolute Gasteiger partial charge is 0.329 e. The summed E-state index contributed by atoms with van der Waals surface area (Å²) >= 11 is 0. The highest BCUT2D eigenvalue weighted by atomic mass is 16.2. The fraction of sp³-hybridized carbons (Fsp3) is 0.389. The first kappa shape index (κ1) is 14.9. The third kappa shape index (κ3) is 2.38. The summed E-state index contributed by atoms with van der Waals surface area (Å²) in [6.07, 6.45) is 6.78. The normalized spacial score (nSPS) is 18.2. The van der Waals surface area contributed by atoms with E-state index in [9.17, 15) is 4.79 Å². The van der Waals surface area contributed by atoms with Crippen LogP contribution in [-0.4, -0.2) is 36.9 Å². The van der Waals surface area contributed by atoms with Gasteiger partial charge in [0.1, 0.15) is 11.3 Å². The van der Waals surface area contributed by atoms with Crippen LogP contribution in [-0.2, 0) is 0 Å². The van der Waals surface area contributed by atoms with Gasteiger partial charge in [0, 0.05) is 18.4 Å². The molecule has 124 valence electrons. The fourth-order valence-corrected chi connectivity index (χ4v) is 3.57. The van der Waals surface area contributed by atoms with E-state index >= 15 is 0 Å². The molecule has 0 aliphatic carbocycles. The van der Waals surface area contributed by atoms with Crippen molar-refractivity contribution in [3.05, 3.63) is 53.2 Å². The lowest BCUT2D eigenvalue weighted by atomic mass is 9.97. The van der Waals surface area contributed by atoms with Crippen molar-refractivity contribution in [3.63, 3.8) is 0 Å². The van der Waals surface area contributed by atoms with Gasteiger partial charge in [-0.2, -0.15) is 5.10 Å². The third-order valence-corrected chi connectivity index (χ3v) is 4.88. The van der Waals surface area contributed by atoms with Crippen LogP contribution >= 0.6 is 0 Å². The number of hydrogen-bond acceptors (Lipinski definition) is 3. The number of likely N-dealkylation sites (tertiary alicyclic amines) is 1. The monoisotopic (exact) mass is 323 g/mol. The minimum Gasteiger partial charge on any atom is -0.329 e. The Bertz CT molecular complexity index is 894. The number of pyridine rings is 1. The number of imidazole rings is 1. The Hall–Kier alpha value is -2.63. The number of rotatable bonds is 2. The molecule has 4 rings (SSSR count). The van der Waals surface area contributed by atoms with Gasteiger partial charge in [-0.25, -0.2) is 4.98 Å². The second-order valence-corrected chi connectivity index (χ2v) is 6.50. The van der Waals surface area contributed by atoms with E-state index in [1.807, 2.05) is 53.7 Å². The fourth-order valence-electron chi connectivity index (χ4n) is 3.57. The van der Waals surface area contributed by atoms with E-state index in [0.717, 1.165) is 48.4 Å². The number of fused-ring (bicyclic) bond motifs is 1. The minimum atomic E-state index is -0.00296. The summed E-state index contributed by atoms with van der Waals surface area (Å²) in [5, 5.41) is 7.20. The minimum absolute atomic E-state index is 0.00296. The van der Waals surface area contributed by atoms with Gasteiger partial charge in [-0.3, -0.25) is 9.89 Å². The van der Waals surface area contributed by atoms with Gasteiger partial charge in [-0.1, -0.05) is 6.07 Å². The molecule has 1 atom stereocenters. The van der Waals surface area contributed by atoms with Gasteiger partial charge >= 0.3 is 0 Å². The van der Waals surface area contributed by atoms with E-state index < -0.39 is 0 Å². The molecule has 1 N–H and O–H groups in total. The van der Waals surface area contributed by atoms with Crippen LogP contribution < -0.4 is 0 Å². The molecule has 24 heavy (non-hydrogen) atoms. The first-order chi connectivity index (χ1) is 11.6. The molecule has 1 fully saturated rings. The number of carbonyl (C=O) groups excluding carboxylic acids is 1. The van der Waals surface area contributed by atoms with Crippen LogP contribution in [0.1, 0.15) is 52.7 Å². The molecule has 4 heterocycles. The van der Waals surface area contributed by atoms with Gasteiger partial charge in [0.05, 0.1) is 17.9 Å². The molecule has 0 radical (unpaired) electrons. The molecular weight excluding hydrogens is 302 g/mol. The lowest BCUT2D eigenvalue weighted by Crippen LogP contribution is -2.39. The quantitative estimate of drug-likeness (QED) is 0.788. The maximum absolute atomic E-state index is 13.1. The molecule has 1 amide bonds. The van der Waals surface area contributed by atoms with E-state index in [1.165, 1.54) is 0 Å². The van der Waals surface area contributed by atoms with Crippen molar-refractivity contribution >= 4 is 11.6 Å². The summed E-state index contributed by atoms with van der Waals surface area (Å²) < 4.78 is 1.97. The Kier molecular flexibility index (Phi) is 3.59. The third-order valence-electron chi connectivity index (χ3n) is 4.88. The van der Waals surface area contributed by atoms with E-state index in [4.69, 9.17) is 0 Å². The molecule has 6 nitrogen and oxygen atoms in total. The van der Waals surface area contributed by atoms with Gasteiger partial charge in [-0.05, 0) is 50.8 Å². The number of amides is 1. The number of aromatic amines is 1. The van der Waals surface area contributed by atoms with Crippen LogP contribution in [0.25, 0.3) is 5.65 Å². The highest BCUT2D eigenvalue weighted by Crippen LogP contribution is 2.32. The zero-order valence-electron chi connectivity index (χ0n) is 14.0. The molecule has 0 unspecified atom stereocenters. The number of piperidine rings is 1. The van der Waals surface area contributed by atoms with Crippen molar-refractivity contribution in [3.8, 4) is 0 Å². The molecule has 3 aromatic rings. The van der Waals surface area contributed by atoms with Gasteiger partial charge in [0.2, 0.25) is 0 Å². The van der Waals surface area contributed by atoms with Crippen molar-refractivity contribution in [2.45, 2.75) is 39.2 Å². The van der Waals surface area contributed by atoms with Crippen molar-refractivity contribution in [1.82, 2.24) is 24.5 Å². The standard InChI is InChI=1S/C18H21N5O/c1-12-10-19-21-17(12)15-7-3-4-9-22(15)18(24)14-11-23-13(2)6-5-8-16(23)20-14/h5-6,8,10-11,15H,3-4,7,9H2,1-2H3,(H,19,21)/t15-/m1/s1. The summed E-state index contributed by atoms with van der Waals surface area (Å²) in [5.41, 5.74) is 4.53. The molecule has 1 aliphatic heterocycles. The summed E-state index contributed by atoms with van der Waals surface area (Å²) in [5.74, 6) is -0.00296. The van der Waals surface area contributed by atoms with Gasteiger partial charge in [-0.15, -0.1) is 0 Å². The van der Waals surface area contributed by atoms with Crippen molar-refractivity contribution in [1.29, 1.82) is 0 Å². The first-order valence-electron chi connectivity index (χ1n) is 8.40. The van der Waals surface area contributed by atoms with E-state index in [2.05, 4.69) is 15.2 Å². The zero-order valence-corrected chi connectivity index (χ0v) is 14.0. The van der Waals surface area contributed by atoms with Crippen molar-refractivity contribution in [2.75, 3.05) is 6.54 Å². The number of carbonyl (C=O) groups is 1. The number of aryl methyl sites for hydroxylation is 2. The molecule has 0 spiro atoms. The maximum atomic E-state index is 13.1. The van der Waals surface area contributed by atoms with E-state index in [1.54, 1.807) is 0 Å². The molecular formula is C18H21N5O. The van der Waals surface area contributed by atoms with Crippen LogP contribution in [0.3, 0.4) is 0 Å². The number of nitrogens with zero attached hydrogens (tertiary/aromatic N) is 4. The SMILES string of the molecule is Cc1cn[nH]c1[C@H]1CCCCN1C(=O)c1cn2c(C)cccc2n1. The van der Waals surface area contributed by atoms with E-state index in [0.29, 0.717) is 5.69 Å². The number of aromatic nitrogens is 4. The summed E-state index contributed by atoms with van der Waals surface area (Å²) in [7, 11) is 0. The van der Waals surface area contributed by atoms with Crippen LogP contribution in [0, 0.1) is 13.8 Å². The average Bonchev–Trinajstić information content (AvgIpc) is 3.21. The molecule has 0 saturated carbocycles. The molecule has 1 saturated heterocycles. The second kappa shape index (κ2) is 5.78. The number of H-pyrrole nitrogens is 1. The number of hydrogen-bond donors (Lipinski definition) is 1. The summed E-state index contributed by atoms with van der Waals surface area (Å²) in [6, 6.07) is 5.96. The Labute approximate surface area is 140 Å². The van der Waals surface area contributed by atoms with Crippen LogP contribution in [0.15, 0.2) is 30.6 Å². The molecule has 0 aromatic carbocycles. The number of nitrogens with one attached hydrogen (secondary N) is 1. The lowest BCUT2D eigenvalue weighted by molar-refractivity contribution is 0.0600. The highest BCUT2D eigenvalue weighted by Gasteiger charge is 2.31. The Morgan fingerprint density at radius 2 is 2.17 bits per heavy atom. The Morgan fingerprint density at radius 3 is 2.92 bits per heavy atom. The van der Waals surface area contributed by atoms with Crippen LogP contribution in [0.4, 0.5) is 0 Å². The molecule has 1 aliphatic rings. The summed E-state index contributed by atoms with van der Waals surface area (Å²) in [6.45, 7) is 4.81. The van der Waals surface area contributed by atoms with Crippen molar-refractivity contribution < 1.29 is 4.79 Å². The Balaban J connectivity index is 1.70. The summed E-state index contributed by atoms with van der Waals surface area (Å²) in [4.78, 5) is 19.6. The van der Waals surface area contributed by atoms with Gasteiger partial charge < -0.3 is 9.30 Å². The predicted octanol–water partition coefficient (Wildman–Crippen LogP) is 3.04. The molecule has 0 bridgehead atoms. The molecule has 3 aromatic heterocycles. The van der Waals surface area contributed by atoms with Crippen molar-refractivity contribution in [2.24, 2.45) is 0 Å². The highest BCUT2D eigenvalue weighted by molar-refractivity contribution is 5.93. The second-order valence-electron chi connectivity index (χ2n) is 6.50. The van der Waals surface area contributed by atoms with Gasteiger partial charge in [0.25, 0.3) is 5.91 Å². The smallest absolute Gasteiger partial charge is 0.274 e. The predicted molar refractivity (Wildman–Crippen MR) is 90.9 cm³/mol. The first-order valence-corrected chi connectivity index (χ1v) is 8.40. The van der Waals surface area contributed by atoms with E-state index in [-0.39, 0.29) is 11.9 Å². The topological polar surface area (TPSA) is 66.3 Å². The average molecular weight is 323 g/mol. The van der Waals surface area contributed by atoms with Crippen LogP contribution in [0.5, 0.6) is 0 Å². The molecule has 6 heteroatoms. The van der Waals surface area contributed by atoms with Crippen LogP contribution in [0.2, 0.25) is 0 Å². The Morgan fingerprint density at radius 1 is 1.29 bits per heavy atom. The lowest BCUT2D eigenvalue weighted by Gasteiger charge is -2.35. The maximum Gasteiger partial charge on any atom is 0.274 e.